The van der Waals surface area contributed by atoms with E-state index >= 15 is 0 Å². The molecule has 3 aromatic carbocycles. The first kappa shape index (κ1) is 16.9. The van der Waals surface area contributed by atoms with Gasteiger partial charge in [-0.2, -0.15) is 0 Å². The third kappa shape index (κ3) is 3.54. The van der Waals surface area contributed by atoms with Crippen LogP contribution < -0.4 is 5.32 Å². The molecule has 1 amide bonds. The molecule has 4 aromatic rings. The van der Waals surface area contributed by atoms with E-state index in [2.05, 4.69) is 10.3 Å². The minimum atomic E-state index is -0.461. The molecule has 1 N–H and O–H groups in total. The van der Waals surface area contributed by atoms with Gasteiger partial charge in [0.05, 0.1) is 15.1 Å². The fourth-order valence-corrected chi connectivity index (χ4v) is 3.74. The van der Waals surface area contributed by atoms with Gasteiger partial charge < -0.3 is 0 Å². The molecule has 1 heterocycles. The standard InChI is InChI=1S/C20H13N3O3S/c24-18(12-7-13-5-9-15(10-6-13)23(25)26)22-20-21-17-11-8-14-3-1-2-4-16(14)19(17)27-20/h1-12H,(H,21,22,24). The molecule has 0 bridgehead atoms. The number of nitrogens with zero attached hydrogens (tertiary/aromatic N) is 2. The SMILES string of the molecule is O=C(C=Cc1ccc([N+](=O)[O-])cc1)Nc1nc2ccc3ccccc3c2s1. The zero-order valence-corrected chi connectivity index (χ0v) is 14.8. The number of fused-ring (bicyclic) bond motifs is 3. The average molecular weight is 375 g/mol. The van der Waals surface area contributed by atoms with Gasteiger partial charge in [-0.15, -0.1) is 0 Å². The fourth-order valence-electron chi connectivity index (χ4n) is 2.74. The molecule has 0 aliphatic carbocycles. The van der Waals surface area contributed by atoms with E-state index in [1.165, 1.54) is 29.5 Å². The predicted octanol–water partition coefficient (Wildman–Crippen LogP) is 5.01. The molecular formula is C20H13N3O3S. The summed E-state index contributed by atoms with van der Waals surface area (Å²) >= 11 is 1.43. The highest BCUT2D eigenvalue weighted by atomic mass is 32.1. The summed E-state index contributed by atoms with van der Waals surface area (Å²) in [6.07, 6.45) is 2.98. The third-order valence-corrected chi connectivity index (χ3v) is 5.06. The van der Waals surface area contributed by atoms with E-state index in [0.29, 0.717) is 10.7 Å². The second-order valence-corrected chi connectivity index (χ2v) is 6.82. The third-order valence-electron chi connectivity index (χ3n) is 4.04. The Bertz CT molecular complexity index is 1200. The lowest BCUT2D eigenvalue weighted by molar-refractivity contribution is -0.384. The van der Waals surface area contributed by atoms with Gasteiger partial charge in [0, 0.05) is 23.6 Å². The predicted molar refractivity (Wildman–Crippen MR) is 108 cm³/mol. The van der Waals surface area contributed by atoms with Gasteiger partial charge in [0.25, 0.3) is 5.69 Å². The van der Waals surface area contributed by atoms with Gasteiger partial charge in [0.2, 0.25) is 5.91 Å². The summed E-state index contributed by atoms with van der Waals surface area (Å²) in [7, 11) is 0. The number of amides is 1. The molecule has 132 valence electrons. The number of aromatic nitrogens is 1. The molecule has 4 rings (SSSR count). The van der Waals surface area contributed by atoms with Crippen LogP contribution in [0.4, 0.5) is 10.8 Å². The molecule has 0 unspecified atom stereocenters. The molecule has 6 nitrogen and oxygen atoms in total. The first-order valence-electron chi connectivity index (χ1n) is 8.12. The first-order chi connectivity index (χ1) is 13.1. The largest absolute Gasteiger partial charge is 0.298 e. The minimum absolute atomic E-state index is 0.0123. The highest BCUT2D eigenvalue weighted by molar-refractivity contribution is 7.23. The molecule has 1 aromatic heterocycles. The van der Waals surface area contributed by atoms with Gasteiger partial charge in [0.15, 0.2) is 5.13 Å². The maximum Gasteiger partial charge on any atom is 0.269 e. The number of thiazole rings is 1. The number of carbonyl (C=O) groups excluding carboxylic acids is 1. The van der Waals surface area contributed by atoms with Crippen LogP contribution in [0.5, 0.6) is 0 Å². The van der Waals surface area contributed by atoms with Gasteiger partial charge in [-0.1, -0.05) is 41.7 Å². The second kappa shape index (κ2) is 6.97. The number of nitrogens with one attached hydrogen (secondary N) is 1. The monoisotopic (exact) mass is 375 g/mol. The van der Waals surface area contributed by atoms with Crippen molar-refractivity contribution >= 4 is 55.1 Å². The fraction of sp³-hybridized carbons (Fsp3) is 0. The van der Waals surface area contributed by atoms with Crippen molar-refractivity contribution in [1.29, 1.82) is 0 Å². The van der Waals surface area contributed by atoms with Gasteiger partial charge in [0.1, 0.15) is 0 Å². The Labute approximate surface area is 157 Å². The van der Waals surface area contributed by atoms with Crippen LogP contribution in [0.1, 0.15) is 5.56 Å². The van der Waals surface area contributed by atoms with E-state index in [-0.39, 0.29) is 11.6 Å². The number of hydrogen-bond donors (Lipinski definition) is 1. The van der Waals surface area contributed by atoms with Crippen molar-refractivity contribution in [3.05, 3.63) is 82.4 Å². The highest BCUT2D eigenvalue weighted by Crippen LogP contribution is 2.32. The van der Waals surface area contributed by atoms with Crippen LogP contribution >= 0.6 is 11.3 Å². The van der Waals surface area contributed by atoms with Gasteiger partial charge >= 0.3 is 0 Å². The molecule has 27 heavy (non-hydrogen) atoms. The van der Waals surface area contributed by atoms with E-state index in [9.17, 15) is 14.9 Å². The van der Waals surface area contributed by atoms with Crippen LogP contribution in [0.2, 0.25) is 0 Å². The van der Waals surface area contributed by atoms with Gasteiger partial charge in [-0.05, 0) is 35.2 Å². The number of anilines is 1. The topological polar surface area (TPSA) is 85.1 Å². The molecule has 0 spiro atoms. The van der Waals surface area contributed by atoms with Crippen LogP contribution in [0.3, 0.4) is 0 Å². The van der Waals surface area contributed by atoms with E-state index in [0.717, 1.165) is 21.0 Å². The maximum absolute atomic E-state index is 12.2. The smallest absolute Gasteiger partial charge is 0.269 e. The number of rotatable bonds is 4. The van der Waals surface area contributed by atoms with E-state index in [1.54, 1.807) is 18.2 Å². The summed E-state index contributed by atoms with van der Waals surface area (Å²) in [6, 6.07) is 18.0. The first-order valence-corrected chi connectivity index (χ1v) is 8.93. The van der Waals surface area contributed by atoms with Crippen molar-refractivity contribution in [2.75, 3.05) is 5.32 Å². The molecule has 0 fully saturated rings. The average Bonchev–Trinajstić information content (AvgIpc) is 3.09. The van der Waals surface area contributed by atoms with Gasteiger partial charge in [-0.3, -0.25) is 20.2 Å². The second-order valence-electron chi connectivity index (χ2n) is 5.83. The Morgan fingerprint density at radius 2 is 1.85 bits per heavy atom. The van der Waals surface area contributed by atoms with Crippen molar-refractivity contribution in [1.82, 2.24) is 4.98 Å². The summed E-state index contributed by atoms with van der Waals surface area (Å²) in [5, 5.41) is 16.2. The lowest BCUT2D eigenvalue weighted by Crippen LogP contribution is -2.07. The summed E-state index contributed by atoms with van der Waals surface area (Å²) in [5.41, 5.74) is 1.55. The summed E-state index contributed by atoms with van der Waals surface area (Å²) < 4.78 is 1.03. The molecule has 0 aliphatic rings. The van der Waals surface area contributed by atoms with Crippen molar-refractivity contribution in [3.63, 3.8) is 0 Å². The van der Waals surface area contributed by atoms with Crippen LogP contribution in [-0.4, -0.2) is 15.8 Å². The van der Waals surface area contributed by atoms with Crippen LogP contribution in [0.15, 0.2) is 66.7 Å². The van der Waals surface area contributed by atoms with Gasteiger partial charge in [-0.25, -0.2) is 4.98 Å². The maximum atomic E-state index is 12.2. The lowest BCUT2D eigenvalue weighted by Gasteiger charge is -1.96. The minimum Gasteiger partial charge on any atom is -0.298 e. The Hall–Kier alpha value is -3.58. The van der Waals surface area contributed by atoms with E-state index in [1.807, 2.05) is 36.4 Å². The molecule has 0 saturated carbocycles. The number of carbonyl (C=O) groups is 1. The molecular weight excluding hydrogens is 362 g/mol. The van der Waals surface area contributed by atoms with Crippen LogP contribution in [-0.2, 0) is 4.79 Å². The molecule has 0 atom stereocenters. The van der Waals surface area contributed by atoms with Crippen molar-refractivity contribution < 1.29 is 9.72 Å². The normalized spacial score (nSPS) is 11.3. The number of non-ortho nitro benzene ring substituents is 1. The summed E-state index contributed by atoms with van der Waals surface area (Å²) in [4.78, 5) is 26.8. The number of nitro benzene ring substituents is 1. The van der Waals surface area contributed by atoms with Crippen LogP contribution in [0.25, 0.3) is 27.1 Å². The molecule has 0 radical (unpaired) electrons. The number of benzene rings is 3. The van der Waals surface area contributed by atoms with Crippen molar-refractivity contribution in [3.8, 4) is 0 Å². The number of hydrogen-bond acceptors (Lipinski definition) is 5. The Balaban J connectivity index is 1.52. The molecule has 7 heteroatoms. The molecule has 0 aliphatic heterocycles. The Kier molecular flexibility index (Phi) is 4.35. The van der Waals surface area contributed by atoms with E-state index < -0.39 is 4.92 Å². The summed E-state index contributed by atoms with van der Waals surface area (Å²) in [5.74, 6) is -0.309. The lowest BCUT2D eigenvalue weighted by atomic mass is 10.1. The van der Waals surface area contributed by atoms with Crippen LogP contribution in [0, 0.1) is 10.1 Å². The summed E-state index contributed by atoms with van der Waals surface area (Å²) in [6.45, 7) is 0. The van der Waals surface area contributed by atoms with E-state index in [4.69, 9.17) is 0 Å². The quantitative estimate of drug-likeness (QED) is 0.309. The zero-order valence-electron chi connectivity index (χ0n) is 14.0. The Morgan fingerprint density at radius 1 is 1.07 bits per heavy atom. The van der Waals surface area contributed by atoms with Crippen molar-refractivity contribution in [2.45, 2.75) is 0 Å². The molecule has 0 saturated heterocycles. The zero-order chi connectivity index (χ0) is 18.8. The highest BCUT2D eigenvalue weighted by Gasteiger charge is 2.09. The number of nitro groups is 1. The Morgan fingerprint density at radius 3 is 2.63 bits per heavy atom. The van der Waals surface area contributed by atoms with Crippen molar-refractivity contribution in [2.24, 2.45) is 0 Å².